The topological polar surface area (TPSA) is 55.4 Å². The lowest BCUT2D eigenvalue weighted by Crippen LogP contribution is -2.25. The van der Waals surface area contributed by atoms with Crippen LogP contribution >= 0.6 is 11.6 Å². The minimum atomic E-state index is -0.511. The third-order valence-corrected chi connectivity index (χ3v) is 3.36. The summed E-state index contributed by atoms with van der Waals surface area (Å²) in [5.41, 5.74) is 0.949. The van der Waals surface area contributed by atoms with Gasteiger partial charge in [-0.1, -0.05) is 11.6 Å². The van der Waals surface area contributed by atoms with Crippen LogP contribution in [-0.2, 0) is 4.79 Å². The summed E-state index contributed by atoms with van der Waals surface area (Å²) < 4.78 is 18.2. The first-order valence-corrected chi connectivity index (χ1v) is 6.49. The lowest BCUT2D eigenvalue weighted by molar-refractivity contribution is -0.118. The Labute approximate surface area is 124 Å². The van der Waals surface area contributed by atoms with Gasteiger partial charge in [0.2, 0.25) is 0 Å². The molecule has 1 aliphatic rings. The number of halogens is 2. The van der Waals surface area contributed by atoms with Gasteiger partial charge in [-0.05, 0) is 36.4 Å². The van der Waals surface area contributed by atoms with Crippen LogP contribution < -0.4 is 10.1 Å². The number of anilines is 1. The molecule has 0 saturated carbocycles. The Kier molecular flexibility index (Phi) is 3.35. The molecule has 21 heavy (non-hydrogen) atoms. The predicted molar refractivity (Wildman–Crippen MR) is 75.4 cm³/mol. The Morgan fingerprint density at radius 2 is 2.05 bits per heavy atom. The van der Waals surface area contributed by atoms with Crippen LogP contribution in [0.4, 0.5) is 10.1 Å². The largest absolute Gasteiger partial charge is 0.482 e. The van der Waals surface area contributed by atoms with E-state index in [2.05, 4.69) is 5.32 Å². The normalized spacial score (nSPS) is 13.1. The third-order valence-electron chi connectivity index (χ3n) is 3.05. The van der Waals surface area contributed by atoms with Crippen LogP contribution in [0.25, 0.3) is 0 Å². The number of fused-ring (bicyclic) bond motifs is 1. The molecule has 0 aromatic heterocycles. The quantitative estimate of drug-likeness (QED) is 0.868. The van der Waals surface area contributed by atoms with E-state index in [-0.39, 0.29) is 28.9 Å². The number of nitrogens with one attached hydrogen (secondary N) is 1. The number of carbonyl (C=O) groups excluding carboxylic acids is 2. The van der Waals surface area contributed by atoms with E-state index in [9.17, 15) is 14.0 Å². The van der Waals surface area contributed by atoms with Crippen LogP contribution in [0.2, 0.25) is 5.02 Å². The molecule has 0 radical (unpaired) electrons. The van der Waals surface area contributed by atoms with Crippen LogP contribution in [0.15, 0.2) is 36.4 Å². The molecule has 6 heteroatoms. The zero-order valence-electron chi connectivity index (χ0n) is 10.7. The summed E-state index contributed by atoms with van der Waals surface area (Å²) in [4.78, 5) is 23.7. The van der Waals surface area contributed by atoms with Gasteiger partial charge in [-0.25, -0.2) is 4.39 Å². The van der Waals surface area contributed by atoms with E-state index in [0.29, 0.717) is 17.0 Å². The van der Waals surface area contributed by atoms with Gasteiger partial charge in [-0.3, -0.25) is 9.59 Å². The molecule has 0 fully saturated rings. The van der Waals surface area contributed by atoms with Gasteiger partial charge in [0.1, 0.15) is 11.6 Å². The Bertz CT molecular complexity index is 761. The summed E-state index contributed by atoms with van der Waals surface area (Å²) in [5.74, 6) is -0.659. The molecule has 0 aliphatic carbocycles. The molecule has 0 spiro atoms. The summed E-state index contributed by atoms with van der Waals surface area (Å²) >= 11 is 5.89. The van der Waals surface area contributed by atoms with Crippen molar-refractivity contribution in [2.45, 2.75) is 0 Å². The Morgan fingerprint density at radius 3 is 2.81 bits per heavy atom. The fourth-order valence-electron chi connectivity index (χ4n) is 2.05. The molecule has 0 saturated heterocycles. The summed E-state index contributed by atoms with van der Waals surface area (Å²) in [6.45, 7) is -0.0515. The van der Waals surface area contributed by atoms with E-state index in [1.54, 1.807) is 12.1 Å². The van der Waals surface area contributed by atoms with E-state index in [0.717, 1.165) is 6.07 Å². The molecule has 0 unspecified atom stereocenters. The first-order chi connectivity index (χ1) is 10.0. The van der Waals surface area contributed by atoms with E-state index in [1.165, 1.54) is 18.2 Å². The van der Waals surface area contributed by atoms with Crippen LogP contribution in [0, 0.1) is 5.82 Å². The highest BCUT2D eigenvalue weighted by Crippen LogP contribution is 2.30. The maximum atomic E-state index is 13.0. The number of carbonyl (C=O) groups is 2. The van der Waals surface area contributed by atoms with Crippen molar-refractivity contribution in [2.75, 3.05) is 11.9 Å². The van der Waals surface area contributed by atoms with Crippen molar-refractivity contribution >= 4 is 29.0 Å². The first-order valence-electron chi connectivity index (χ1n) is 6.11. The maximum Gasteiger partial charge on any atom is 0.262 e. The number of amides is 1. The highest BCUT2D eigenvalue weighted by atomic mass is 35.5. The lowest BCUT2D eigenvalue weighted by atomic mass is 10.0. The number of ether oxygens (including phenoxy) is 1. The van der Waals surface area contributed by atoms with Crippen molar-refractivity contribution < 1.29 is 18.7 Å². The molecule has 4 nitrogen and oxygen atoms in total. The SMILES string of the molecule is O=C1COc2ccc(C(=O)c3ccc(F)cc3Cl)cc2N1. The van der Waals surface area contributed by atoms with Crippen LogP contribution in [0.3, 0.4) is 0 Å². The minimum absolute atomic E-state index is 0.0398. The van der Waals surface area contributed by atoms with Crippen molar-refractivity contribution in [2.24, 2.45) is 0 Å². The van der Waals surface area contributed by atoms with Gasteiger partial charge in [-0.2, -0.15) is 0 Å². The maximum absolute atomic E-state index is 13.0. The molecular weight excluding hydrogens is 297 g/mol. The highest BCUT2D eigenvalue weighted by Gasteiger charge is 2.19. The van der Waals surface area contributed by atoms with E-state index in [4.69, 9.17) is 16.3 Å². The Morgan fingerprint density at radius 1 is 1.24 bits per heavy atom. The van der Waals surface area contributed by atoms with Gasteiger partial charge in [0.05, 0.1) is 10.7 Å². The molecule has 1 amide bonds. The molecule has 1 N–H and O–H groups in total. The molecule has 0 atom stereocenters. The predicted octanol–water partition coefficient (Wildman–Crippen LogP) is 3.04. The van der Waals surface area contributed by atoms with E-state index < -0.39 is 5.82 Å². The van der Waals surface area contributed by atoms with Gasteiger partial charge in [0.25, 0.3) is 5.91 Å². The molecule has 3 rings (SSSR count). The molecule has 2 aromatic rings. The molecule has 106 valence electrons. The number of ketones is 1. The van der Waals surface area contributed by atoms with Crippen LogP contribution in [0.1, 0.15) is 15.9 Å². The first kappa shape index (κ1) is 13.6. The Hall–Kier alpha value is -2.40. The van der Waals surface area contributed by atoms with Gasteiger partial charge >= 0.3 is 0 Å². The number of hydrogen-bond donors (Lipinski definition) is 1. The van der Waals surface area contributed by atoms with Gasteiger partial charge in [0, 0.05) is 11.1 Å². The van der Waals surface area contributed by atoms with Crippen LogP contribution in [-0.4, -0.2) is 18.3 Å². The number of hydrogen-bond acceptors (Lipinski definition) is 3. The van der Waals surface area contributed by atoms with Gasteiger partial charge in [0.15, 0.2) is 12.4 Å². The standard InChI is InChI=1S/C15H9ClFNO3/c16-11-6-9(17)2-3-10(11)15(20)8-1-4-13-12(5-8)18-14(19)7-21-13/h1-6H,7H2,(H,18,19). The van der Waals surface area contributed by atoms with Gasteiger partial charge < -0.3 is 10.1 Å². The molecule has 1 aliphatic heterocycles. The zero-order valence-corrected chi connectivity index (χ0v) is 11.4. The summed E-state index contributed by atoms with van der Waals surface area (Å²) in [5, 5.41) is 2.66. The van der Waals surface area contributed by atoms with Crippen molar-refractivity contribution in [3.63, 3.8) is 0 Å². The second-order valence-corrected chi connectivity index (χ2v) is 4.91. The number of rotatable bonds is 2. The van der Waals surface area contributed by atoms with Crippen molar-refractivity contribution in [1.82, 2.24) is 0 Å². The van der Waals surface area contributed by atoms with E-state index in [1.807, 2.05) is 0 Å². The zero-order chi connectivity index (χ0) is 15.0. The smallest absolute Gasteiger partial charge is 0.262 e. The van der Waals surface area contributed by atoms with Crippen molar-refractivity contribution in [3.8, 4) is 5.75 Å². The molecule has 2 aromatic carbocycles. The Balaban J connectivity index is 1.98. The fourth-order valence-corrected chi connectivity index (χ4v) is 2.31. The van der Waals surface area contributed by atoms with E-state index >= 15 is 0 Å². The summed E-state index contributed by atoms with van der Waals surface area (Å²) in [7, 11) is 0. The molecule has 0 bridgehead atoms. The number of benzene rings is 2. The average molecular weight is 306 g/mol. The van der Waals surface area contributed by atoms with Gasteiger partial charge in [-0.15, -0.1) is 0 Å². The molecular formula is C15H9ClFNO3. The summed E-state index contributed by atoms with van der Waals surface area (Å²) in [6.07, 6.45) is 0. The average Bonchev–Trinajstić information content (AvgIpc) is 2.46. The second kappa shape index (κ2) is 5.18. The fraction of sp³-hybridized carbons (Fsp3) is 0.0667. The molecule has 1 heterocycles. The lowest BCUT2D eigenvalue weighted by Gasteiger charge is -2.18. The third kappa shape index (κ3) is 2.60. The van der Waals surface area contributed by atoms with Crippen molar-refractivity contribution in [1.29, 1.82) is 0 Å². The second-order valence-electron chi connectivity index (χ2n) is 4.50. The summed E-state index contributed by atoms with van der Waals surface area (Å²) in [6, 6.07) is 8.25. The van der Waals surface area contributed by atoms with Crippen LogP contribution in [0.5, 0.6) is 5.75 Å². The minimum Gasteiger partial charge on any atom is -0.482 e. The monoisotopic (exact) mass is 305 g/mol. The highest BCUT2D eigenvalue weighted by molar-refractivity contribution is 6.35. The van der Waals surface area contributed by atoms with Crippen molar-refractivity contribution in [3.05, 3.63) is 58.4 Å².